The molecule has 1 amide bonds. The summed E-state index contributed by atoms with van der Waals surface area (Å²) in [6, 6.07) is 5.64. The number of rotatable bonds is 7. The molecule has 8 nitrogen and oxygen atoms in total. The van der Waals surface area contributed by atoms with Gasteiger partial charge in [-0.25, -0.2) is 9.37 Å². The predicted molar refractivity (Wildman–Crippen MR) is 90.2 cm³/mol. The second kappa shape index (κ2) is 8.54. The second-order valence-electron chi connectivity index (χ2n) is 5.60. The first-order valence-electron chi connectivity index (χ1n) is 7.73. The molecule has 0 unspecified atom stereocenters. The molecular formula is C17H20FN3O5. The lowest BCUT2D eigenvalue weighted by Gasteiger charge is -2.18. The van der Waals surface area contributed by atoms with Gasteiger partial charge in [-0.3, -0.25) is 9.59 Å². The van der Waals surface area contributed by atoms with E-state index in [0.29, 0.717) is 5.56 Å². The van der Waals surface area contributed by atoms with Crippen LogP contribution in [-0.4, -0.2) is 53.4 Å². The number of amides is 1. The van der Waals surface area contributed by atoms with Crippen molar-refractivity contribution in [2.75, 3.05) is 21.3 Å². The predicted octanol–water partition coefficient (Wildman–Crippen LogP) is 1.05. The van der Waals surface area contributed by atoms with Crippen LogP contribution >= 0.6 is 0 Å². The first kappa shape index (κ1) is 19.5. The third kappa shape index (κ3) is 4.64. The van der Waals surface area contributed by atoms with Crippen molar-refractivity contribution >= 4 is 5.91 Å². The molecule has 0 bridgehead atoms. The van der Waals surface area contributed by atoms with E-state index in [1.54, 1.807) is 0 Å². The molecule has 0 radical (unpaired) electrons. The van der Waals surface area contributed by atoms with Crippen LogP contribution in [-0.2, 0) is 22.4 Å². The van der Waals surface area contributed by atoms with Crippen molar-refractivity contribution in [1.29, 1.82) is 0 Å². The number of aromatic amines is 1. The average molecular weight is 365 g/mol. The lowest BCUT2D eigenvalue weighted by atomic mass is 10.2. The summed E-state index contributed by atoms with van der Waals surface area (Å²) in [5.41, 5.74) is -0.524. The van der Waals surface area contributed by atoms with Gasteiger partial charge in [0, 0.05) is 27.8 Å². The smallest absolute Gasteiger partial charge is 0.293 e. The highest BCUT2D eigenvalue weighted by Gasteiger charge is 2.22. The van der Waals surface area contributed by atoms with Gasteiger partial charge >= 0.3 is 0 Å². The SMILES string of the molecule is COC(Cc1nc(C(=O)N(C)Cc2ccc(F)cc2)c(O)c(=O)[nH]1)OC. The van der Waals surface area contributed by atoms with Gasteiger partial charge in [0.15, 0.2) is 12.0 Å². The topological polar surface area (TPSA) is 105 Å². The van der Waals surface area contributed by atoms with Crippen LogP contribution in [0.4, 0.5) is 4.39 Å². The number of carbonyl (C=O) groups is 1. The molecule has 0 aliphatic heterocycles. The van der Waals surface area contributed by atoms with Crippen molar-refractivity contribution in [3.8, 4) is 5.75 Å². The number of benzene rings is 1. The first-order chi connectivity index (χ1) is 12.3. The van der Waals surface area contributed by atoms with E-state index in [1.807, 2.05) is 0 Å². The van der Waals surface area contributed by atoms with E-state index in [0.717, 1.165) is 0 Å². The average Bonchev–Trinajstić information content (AvgIpc) is 2.63. The van der Waals surface area contributed by atoms with Gasteiger partial charge in [0.1, 0.15) is 11.6 Å². The minimum absolute atomic E-state index is 0.0878. The molecule has 1 aromatic carbocycles. The quantitative estimate of drug-likeness (QED) is 0.711. The molecule has 0 saturated carbocycles. The highest BCUT2D eigenvalue weighted by atomic mass is 19.1. The Kier molecular flexibility index (Phi) is 6.42. The van der Waals surface area contributed by atoms with Crippen LogP contribution in [0, 0.1) is 5.82 Å². The highest BCUT2D eigenvalue weighted by molar-refractivity contribution is 5.94. The monoisotopic (exact) mass is 365 g/mol. The van der Waals surface area contributed by atoms with E-state index in [-0.39, 0.29) is 30.3 Å². The van der Waals surface area contributed by atoms with Gasteiger partial charge in [-0.15, -0.1) is 0 Å². The number of carbonyl (C=O) groups excluding carboxylic acids is 1. The summed E-state index contributed by atoms with van der Waals surface area (Å²) < 4.78 is 23.0. The van der Waals surface area contributed by atoms with E-state index < -0.39 is 23.5 Å². The zero-order chi connectivity index (χ0) is 19.3. The molecular weight excluding hydrogens is 345 g/mol. The van der Waals surface area contributed by atoms with Crippen LogP contribution < -0.4 is 5.56 Å². The van der Waals surface area contributed by atoms with Crippen LogP contribution in [0.3, 0.4) is 0 Å². The van der Waals surface area contributed by atoms with Crippen molar-refractivity contribution in [1.82, 2.24) is 14.9 Å². The standard InChI is InChI=1S/C17H20FN3O5/c1-21(9-10-4-6-11(18)7-5-10)17(24)14-15(22)16(23)20-12(19-14)8-13(25-2)26-3/h4-7,13,22H,8-9H2,1-3H3,(H,19,20,23). The van der Waals surface area contributed by atoms with Gasteiger partial charge in [0.2, 0.25) is 5.75 Å². The molecule has 0 spiro atoms. The van der Waals surface area contributed by atoms with E-state index in [4.69, 9.17) is 9.47 Å². The summed E-state index contributed by atoms with van der Waals surface area (Å²) in [7, 11) is 4.34. The number of hydrogen-bond donors (Lipinski definition) is 2. The maximum absolute atomic E-state index is 13.0. The Morgan fingerprint density at radius 2 is 1.92 bits per heavy atom. The van der Waals surface area contributed by atoms with Crippen molar-refractivity contribution in [3.05, 3.63) is 57.5 Å². The van der Waals surface area contributed by atoms with Gasteiger partial charge in [-0.2, -0.15) is 0 Å². The third-order valence-corrected chi connectivity index (χ3v) is 3.71. The molecule has 140 valence electrons. The summed E-state index contributed by atoms with van der Waals surface area (Å²) in [4.78, 5) is 32.2. The maximum Gasteiger partial charge on any atom is 0.293 e. The summed E-state index contributed by atoms with van der Waals surface area (Å²) in [5, 5.41) is 9.93. The Hall–Kier alpha value is -2.78. The highest BCUT2D eigenvalue weighted by Crippen LogP contribution is 2.14. The lowest BCUT2D eigenvalue weighted by molar-refractivity contribution is -0.101. The van der Waals surface area contributed by atoms with Gasteiger partial charge in [0.25, 0.3) is 11.5 Å². The molecule has 9 heteroatoms. The minimum atomic E-state index is -0.834. The molecule has 1 heterocycles. The summed E-state index contributed by atoms with van der Waals surface area (Å²) in [5.74, 6) is -1.66. The zero-order valence-corrected chi connectivity index (χ0v) is 14.7. The van der Waals surface area contributed by atoms with E-state index in [1.165, 1.54) is 50.4 Å². The van der Waals surface area contributed by atoms with E-state index in [2.05, 4.69) is 9.97 Å². The number of aromatic hydroxyl groups is 1. The van der Waals surface area contributed by atoms with Gasteiger partial charge in [0.05, 0.1) is 6.42 Å². The Balaban J connectivity index is 2.24. The fourth-order valence-electron chi connectivity index (χ4n) is 2.30. The van der Waals surface area contributed by atoms with Crippen LogP contribution in [0.25, 0.3) is 0 Å². The number of nitrogens with zero attached hydrogens (tertiary/aromatic N) is 2. The second-order valence-corrected chi connectivity index (χ2v) is 5.60. The fraction of sp³-hybridized carbons (Fsp3) is 0.353. The number of halogens is 1. The van der Waals surface area contributed by atoms with Crippen LogP contribution in [0.5, 0.6) is 5.75 Å². The number of nitrogens with one attached hydrogen (secondary N) is 1. The number of H-pyrrole nitrogens is 1. The Morgan fingerprint density at radius 3 is 2.50 bits per heavy atom. The summed E-state index contributed by atoms with van der Waals surface area (Å²) in [6.45, 7) is 0.154. The largest absolute Gasteiger partial charge is 0.501 e. The normalized spacial score (nSPS) is 11.0. The Labute approximate surface area is 149 Å². The molecule has 0 atom stereocenters. The van der Waals surface area contributed by atoms with Crippen LogP contribution in [0.1, 0.15) is 21.9 Å². The van der Waals surface area contributed by atoms with Crippen LogP contribution in [0.2, 0.25) is 0 Å². The number of ether oxygens (including phenoxy) is 2. The first-order valence-corrected chi connectivity index (χ1v) is 7.73. The molecule has 2 N–H and O–H groups in total. The fourth-order valence-corrected chi connectivity index (χ4v) is 2.30. The van der Waals surface area contributed by atoms with E-state index in [9.17, 15) is 19.1 Å². The van der Waals surface area contributed by atoms with Crippen molar-refractivity contribution in [2.24, 2.45) is 0 Å². The van der Waals surface area contributed by atoms with Crippen molar-refractivity contribution in [3.63, 3.8) is 0 Å². The molecule has 2 aromatic rings. The van der Waals surface area contributed by atoms with Crippen molar-refractivity contribution < 1.29 is 23.8 Å². The Bertz CT molecular complexity index is 818. The molecule has 0 saturated heterocycles. The number of methoxy groups -OCH3 is 2. The van der Waals surface area contributed by atoms with Crippen molar-refractivity contribution in [2.45, 2.75) is 19.3 Å². The summed E-state index contributed by atoms with van der Waals surface area (Å²) in [6.07, 6.45) is -0.576. The third-order valence-electron chi connectivity index (χ3n) is 3.71. The molecule has 1 aromatic heterocycles. The molecule has 2 rings (SSSR count). The molecule has 0 fully saturated rings. The number of aromatic nitrogens is 2. The lowest BCUT2D eigenvalue weighted by Crippen LogP contribution is -2.30. The Morgan fingerprint density at radius 1 is 1.31 bits per heavy atom. The zero-order valence-electron chi connectivity index (χ0n) is 14.7. The molecule has 0 aliphatic carbocycles. The van der Waals surface area contributed by atoms with E-state index >= 15 is 0 Å². The molecule has 0 aliphatic rings. The summed E-state index contributed by atoms with van der Waals surface area (Å²) >= 11 is 0. The van der Waals surface area contributed by atoms with Crippen LogP contribution in [0.15, 0.2) is 29.1 Å². The number of hydrogen-bond acceptors (Lipinski definition) is 6. The van der Waals surface area contributed by atoms with Gasteiger partial charge < -0.3 is 24.5 Å². The molecule has 26 heavy (non-hydrogen) atoms. The maximum atomic E-state index is 13.0. The minimum Gasteiger partial charge on any atom is -0.501 e. The van der Waals surface area contributed by atoms with Gasteiger partial charge in [-0.05, 0) is 17.7 Å². The van der Waals surface area contributed by atoms with Gasteiger partial charge in [-0.1, -0.05) is 12.1 Å².